The van der Waals surface area contributed by atoms with Gasteiger partial charge in [0.1, 0.15) is 0 Å². The van der Waals surface area contributed by atoms with Crippen LogP contribution in [0.15, 0.2) is 34.3 Å². The fraction of sp³-hybridized carbons (Fsp3) is 0.250. The third kappa shape index (κ3) is 2.55. The van der Waals surface area contributed by atoms with Gasteiger partial charge in [-0.15, -0.1) is 0 Å². The molecular weight excluding hydrogens is 240 g/mol. The van der Waals surface area contributed by atoms with Crippen LogP contribution in [0.5, 0.6) is 0 Å². The van der Waals surface area contributed by atoms with E-state index in [1.165, 1.54) is 0 Å². The van der Waals surface area contributed by atoms with Crippen LogP contribution in [0, 0.1) is 6.92 Å². The van der Waals surface area contributed by atoms with Crippen LogP contribution in [-0.2, 0) is 0 Å². The first kappa shape index (κ1) is 11.2. The Morgan fingerprint density at radius 2 is 2.00 bits per heavy atom. The molecule has 0 N–H and O–H groups in total. The quantitative estimate of drug-likeness (QED) is 0.577. The maximum Gasteiger partial charge on any atom is 0.186 e. The summed E-state index contributed by atoms with van der Waals surface area (Å²) in [6, 6.07) is 5.67. The Morgan fingerprint density at radius 1 is 1.36 bits per heavy atom. The van der Waals surface area contributed by atoms with Crippen molar-refractivity contribution in [3.8, 4) is 0 Å². The smallest absolute Gasteiger partial charge is 0.186 e. The highest BCUT2D eigenvalue weighted by Crippen LogP contribution is 2.20. The van der Waals surface area contributed by atoms with E-state index in [1.54, 1.807) is 6.08 Å². The van der Waals surface area contributed by atoms with Crippen molar-refractivity contribution < 1.29 is 4.79 Å². The van der Waals surface area contributed by atoms with E-state index in [2.05, 4.69) is 15.9 Å². The lowest BCUT2D eigenvalue weighted by Crippen LogP contribution is -1.98. The lowest BCUT2D eigenvalue weighted by molar-refractivity contribution is 0.104. The molecular formula is C12H13BrO. The molecule has 14 heavy (non-hydrogen) atoms. The highest BCUT2D eigenvalue weighted by Gasteiger charge is 2.07. The lowest BCUT2D eigenvalue weighted by Gasteiger charge is -2.03. The van der Waals surface area contributed by atoms with Gasteiger partial charge in [0, 0.05) is 10.0 Å². The first-order valence-corrected chi connectivity index (χ1v) is 5.26. The Balaban J connectivity index is 3.14. The van der Waals surface area contributed by atoms with Gasteiger partial charge in [-0.25, -0.2) is 0 Å². The van der Waals surface area contributed by atoms with Gasteiger partial charge >= 0.3 is 0 Å². The van der Waals surface area contributed by atoms with E-state index in [9.17, 15) is 4.79 Å². The molecule has 1 nitrogen and oxygen atoms in total. The molecule has 1 aromatic carbocycles. The molecule has 0 aliphatic carbocycles. The minimum Gasteiger partial charge on any atom is -0.289 e. The first-order valence-electron chi connectivity index (χ1n) is 4.46. The average molecular weight is 253 g/mol. The molecule has 0 saturated heterocycles. The van der Waals surface area contributed by atoms with Gasteiger partial charge in [-0.1, -0.05) is 33.6 Å². The fourth-order valence-electron chi connectivity index (χ4n) is 1.21. The molecule has 0 heterocycles. The van der Waals surface area contributed by atoms with E-state index in [0.29, 0.717) is 0 Å². The van der Waals surface area contributed by atoms with Crippen molar-refractivity contribution in [3.63, 3.8) is 0 Å². The summed E-state index contributed by atoms with van der Waals surface area (Å²) in [6.07, 6.45) is 1.66. The monoisotopic (exact) mass is 252 g/mol. The summed E-state index contributed by atoms with van der Waals surface area (Å²) in [5.74, 6) is 0.0730. The molecule has 0 spiro atoms. The molecule has 0 aromatic heterocycles. The van der Waals surface area contributed by atoms with Gasteiger partial charge in [-0.2, -0.15) is 0 Å². The van der Waals surface area contributed by atoms with Crippen molar-refractivity contribution in [2.75, 3.05) is 0 Å². The number of benzene rings is 1. The Morgan fingerprint density at radius 3 is 2.57 bits per heavy atom. The van der Waals surface area contributed by atoms with Crippen molar-refractivity contribution in [2.24, 2.45) is 0 Å². The number of carbonyl (C=O) groups excluding carboxylic acids is 1. The summed E-state index contributed by atoms with van der Waals surface area (Å²) < 4.78 is 0.977. The summed E-state index contributed by atoms with van der Waals surface area (Å²) in [5.41, 5.74) is 2.78. The molecule has 0 amide bonds. The second-order valence-electron chi connectivity index (χ2n) is 3.50. The van der Waals surface area contributed by atoms with Gasteiger partial charge < -0.3 is 0 Å². The van der Waals surface area contributed by atoms with Crippen molar-refractivity contribution in [2.45, 2.75) is 20.8 Å². The minimum absolute atomic E-state index is 0.0730. The van der Waals surface area contributed by atoms with Crippen LogP contribution in [0.1, 0.15) is 29.8 Å². The van der Waals surface area contributed by atoms with Crippen LogP contribution in [0.2, 0.25) is 0 Å². The first-order chi connectivity index (χ1) is 6.52. The third-order valence-corrected chi connectivity index (χ3v) is 2.81. The molecule has 1 rings (SSSR count). The van der Waals surface area contributed by atoms with Crippen LogP contribution in [0.3, 0.4) is 0 Å². The zero-order valence-electron chi connectivity index (χ0n) is 8.60. The normalized spacial score (nSPS) is 9.71. The van der Waals surface area contributed by atoms with E-state index in [0.717, 1.165) is 21.2 Å². The maximum absolute atomic E-state index is 11.7. The predicted octanol–water partition coefficient (Wildman–Crippen LogP) is 3.91. The lowest BCUT2D eigenvalue weighted by atomic mass is 10.0. The molecule has 0 aliphatic rings. The number of carbonyl (C=O) groups is 1. The molecule has 0 fully saturated rings. The standard InChI is InChI=1S/C12H13BrO/c1-8(2)7-12(14)10-5-4-6-11(13)9(10)3/h4-7H,1-3H3. The maximum atomic E-state index is 11.7. The minimum atomic E-state index is 0.0730. The van der Waals surface area contributed by atoms with Gasteiger partial charge in [0.2, 0.25) is 0 Å². The van der Waals surface area contributed by atoms with Crippen LogP contribution in [0.4, 0.5) is 0 Å². The predicted molar refractivity (Wildman–Crippen MR) is 62.6 cm³/mol. The summed E-state index contributed by atoms with van der Waals surface area (Å²) in [7, 11) is 0. The Labute approximate surface area is 93.0 Å². The Bertz CT molecular complexity index is 387. The van der Waals surface area contributed by atoms with Crippen molar-refractivity contribution in [1.29, 1.82) is 0 Å². The van der Waals surface area contributed by atoms with E-state index >= 15 is 0 Å². The largest absolute Gasteiger partial charge is 0.289 e. The van der Waals surface area contributed by atoms with Crippen molar-refractivity contribution in [1.82, 2.24) is 0 Å². The average Bonchev–Trinajstić information content (AvgIpc) is 2.08. The SMILES string of the molecule is CC(C)=CC(=O)c1cccc(Br)c1C. The number of ketones is 1. The van der Waals surface area contributed by atoms with E-state index in [4.69, 9.17) is 0 Å². The molecule has 0 radical (unpaired) electrons. The number of halogens is 1. The zero-order chi connectivity index (χ0) is 10.7. The van der Waals surface area contributed by atoms with Crippen LogP contribution >= 0.6 is 15.9 Å². The Kier molecular flexibility index (Phi) is 3.64. The zero-order valence-corrected chi connectivity index (χ0v) is 10.2. The van der Waals surface area contributed by atoms with Crippen LogP contribution < -0.4 is 0 Å². The molecule has 0 atom stereocenters. The van der Waals surface area contributed by atoms with Gasteiger partial charge in [-0.3, -0.25) is 4.79 Å². The van der Waals surface area contributed by atoms with Crippen molar-refractivity contribution in [3.05, 3.63) is 45.4 Å². The van der Waals surface area contributed by atoms with Gasteiger partial charge in [0.25, 0.3) is 0 Å². The second-order valence-corrected chi connectivity index (χ2v) is 4.35. The molecule has 0 saturated carbocycles. The summed E-state index contributed by atoms with van der Waals surface area (Å²) in [6.45, 7) is 5.78. The molecule has 0 unspecified atom stereocenters. The number of hydrogen-bond donors (Lipinski definition) is 0. The second kappa shape index (κ2) is 4.56. The van der Waals surface area contributed by atoms with E-state index in [1.807, 2.05) is 39.0 Å². The van der Waals surface area contributed by atoms with Crippen LogP contribution in [-0.4, -0.2) is 5.78 Å². The van der Waals surface area contributed by atoms with E-state index in [-0.39, 0.29) is 5.78 Å². The number of hydrogen-bond acceptors (Lipinski definition) is 1. The number of rotatable bonds is 2. The molecule has 74 valence electrons. The Hall–Kier alpha value is -0.890. The van der Waals surface area contributed by atoms with Gasteiger partial charge in [-0.05, 0) is 38.5 Å². The van der Waals surface area contributed by atoms with E-state index < -0.39 is 0 Å². The summed E-state index contributed by atoms with van der Waals surface area (Å²) >= 11 is 3.41. The third-order valence-electron chi connectivity index (χ3n) is 1.95. The van der Waals surface area contributed by atoms with Gasteiger partial charge in [0.15, 0.2) is 5.78 Å². The molecule has 1 aromatic rings. The van der Waals surface area contributed by atoms with Crippen molar-refractivity contribution >= 4 is 21.7 Å². The highest BCUT2D eigenvalue weighted by molar-refractivity contribution is 9.10. The van der Waals surface area contributed by atoms with Crippen LogP contribution in [0.25, 0.3) is 0 Å². The topological polar surface area (TPSA) is 17.1 Å². The summed E-state index contributed by atoms with van der Waals surface area (Å²) in [4.78, 5) is 11.7. The fourth-order valence-corrected chi connectivity index (χ4v) is 1.58. The molecule has 2 heteroatoms. The number of allylic oxidation sites excluding steroid dienone is 2. The van der Waals surface area contributed by atoms with Gasteiger partial charge in [0.05, 0.1) is 0 Å². The molecule has 0 bridgehead atoms. The molecule has 0 aliphatic heterocycles. The highest BCUT2D eigenvalue weighted by atomic mass is 79.9. The summed E-state index contributed by atoms with van der Waals surface area (Å²) in [5, 5.41) is 0.